The summed E-state index contributed by atoms with van der Waals surface area (Å²) in [5, 5.41) is 9.81. The van der Waals surface area contributed by atoms with Crippen LogP contribution in [0.5, 0.6) is 0 Å². The molecule has 1 aromatic heterocycles. The molecule has 1 aromatic rings. The van der Waals surface area contributed by atoms with Crippen LogP contribution < -0.4 is 11.1 Å². The number of nitrogens with two attached hydrogens (primary N) is 1. The summed E-state index contributed by atoms with van der Waals surface area (Å²) < 4.78 is 0. The number of hydrogen-bond donors (Lipinski definition) is 3. The monoisotopic (exact) mass is 250 g/mol. The molecule has 0 radical (unpaired) electrons. The Kier molecular flexibility index (Phi) is 4.36. The molecule has 2 rings (SSSR count). The summed E-state index contributed by atoms with van der Waals surface area (Å²) in [4.78, 5) is 11.6. The summed E-state index contributed by atoms with van der Waals surface area (Å²) in [5.41, 5.74) is 8.24. The molecular weight excluding hydrogens is 228 g/mol. The Morgan fingerprint density at radius 1 is 1.67 bits per heavy atom. The van der Waals surface area contributed by atoms with Crippen molar-refractivity contribution in [3.05, 3.63) is 17.5 Å². The van der Waals surface area contributed by atoms with Crippen LogP contribution in [0.3, 0.4) is 0 Å². The van der Waals surface area contributed by atoms with E-state index in [0.29, 0.717) is 18.9 Å². The first kappa shape index (κ1) is 13.1. The predicted octanol–water partition coefficient (Wildman–Crippen LogP) is 0.894. The zero-order valence-electron chi connectivity index (χ0n) is 10.9. The summed E-state index contributed by atoms with van der Waals surface area (Å²) in [6.45, 7) is 2.72. The Balaban J connectivity index is 1.57. The SMILES string of the molecule is Cc1[nH]ncc1CCCNC(=O)CC(N)C1CC1. The minimum atomic E-state index is 0.0566. The van der Waals surface area contributed by atoms with E-state index in [9.17, 15) is 4.79 Å². The van der Waals surface area contributed by atoms with Gasteiger partial charge < -0.3 is 11.1 Å². The van der Waals surface area contributed by atoms with Gasteiger partial charge in [-0.15, -0.1) is 0 Å². The highest BCUT2D eigenvalue weighted by atomic mass is 16.1. The normalized spacial score (nSPS) is 16.6. The molecule has 1 amide bonds. The number of carbonyl (C=O) groups is 1. The topological polar surface area (TPSA) is 83.8 Å². The van der Waals surface area contributed by atoms with Gasteiger partial charge in [0.25, 0.3) is 0 Å². The zero-order chi connectivity index (χ0) is 13.0. The second-order valence-electron chi connectivity index (χ2n) is 5.18. The van der Waals surface area contributed by atoms with Gasteiger partial charge in [-0.25, -0.2) is 0 Å². The molecule has 100 valence electrons. The maximum atomic E-state index is 11.6. The van der Waals surface area contributed by atoms with Crippen LogP contribution in [0, 0.1) is 12.8 Å². The van der Waals surface area contributed by atoms with Crippen LogP contribution in [0.4, 0.5) is 0 Å². The van der Waals surface area contributed by atoms with Gasteiger partial charge in [0, 0.05) is 24.7 Å². The van der Waals surface area contributed by atoms with Crippen molar-refractivity contribution in [1.29, 1.82) is 0 Å². The molecule has 0 aromatic carbocycles. The van der Waals surface area contributed by atoms with Gasteiger partial charge in [0.05, 0.1) is 6.20 Å². The van der Waals surface area contributed by atoms with Crippen LogP contribution in [0.15, 0.2) is 6.20 Å². The van der Waals surface area contributed by atoms with Crippen molar-refractivity contribution in [3.63, 3.8) is 0 Å². The lowest BCUT2D eigenvalue weighted by atomic mass is 10.1. The van der Waals surface area contributed by atoms with Crippen molar-refractivity contribution >= 4 is 5.91 Å². The summed E-state index contributed by atoms with van der Waals surface area (Å²) >= 11 is 0. The van der Waals surface area contributed by atoms with Gasteiger partial charge in [-0.2, -0.15) is 5.10 Å². The Bertz CT molecular complexity index is 397. The summed E-state index contributed by atoms with van der Waals surface area (Å²) in [6, 6.07) is 0.0566. The number of aryl methyl sites for hydroxylation is 2. The number of rotatable bonds is 7. The molecule has 4 N–H and O–H groups in total. The number of nitrogens with one attached hydrogen (secondary N) is 2. The minimum Gasteiger partial charge on any atom is -0.356 e. The van der Waals surface area contributed by atoms with Crippen molar-refractivity contribution in [2.45, 2.75) is 45.1 Å². The van der Waals surface area contributed by atoms with E-state index in [-0.39, 0.29) is 11.9 Å². The van der Waals surface area contributed by atoms with E-state index in [1.54, 1.807) is 0 Å². The van der Waals surface area contributed by atoms with Crippen molar-refractivity contribution in [2.75, 3.05) is 6.54 Å². The van der Waals surface area contributed by atoms with Crippen LogP contribution >= 0.6 is 0 Å². The van der Waals surface area contributed by atoms with Crippen molar-refractivity contribution in [1.82, 2.24) is 15.5 Å². The van der Waals surface area contributed by atoms with Crippen LogP contribution in [-0.4, -0.2) is 28.7 Å². The Morgan fingerprint density at radius 2 is 2.44 bits per heavy atom. The first-order valence-corrected chi connectivity index (χ1v) is 6.68. The molecule has 1 aliphatic rings. The van der Waals surface area contributed by atoms with Gasteiger partial charge in [0.2, 0.25) is 5.91 Å². The molecule has 1 heterocycles. The maximum absolute atomic E-state index is 11.6. The number of aromatic amines is 1. The molecule has 1 atom stereocenters. The zero-order valence-corrected chi connectivity index (χ0v) is 10.9. The van der Waals surface area contributed by atoms with E-state index in [1.165, 1.54) is 18.4 Å². The Labute approximate surface area is 108 Å². The third-order valence-electron chi connectivity index (χ3n) is 3.53. The average Bonchev–Trinajstić information content (AvgIpc) is 3.10. The third kappa shape index (κ3) is 3.84. The van der Waals surface area contributed by atoms with E-state index in [0.717, 1.165) is 18.5 Å². The van der Waals surface area contributed by atoms with E-state index in [4.69, 9.17) is 5.73 Å². The Morgan fingerprint density at radius 3 is 3.06 bits per heavy atom. The lowest BCUT2D eigenvalue weighted by Gasteiger charge is -2.10. The highest BCUT2D eigenvalue weighted by Crippen LogP contribution is 2.32. The highest BCUT2D eigenvalue weighted by molar-refractivity contribution is 5.76. The highest BCUT2D eigenvalue weighted by Gasteiger charge is 2.29. The fraction of sp³-hybridized carbons (Fsp3) is 0.692. The number of H-pyrrole nitrogens is 1. The van der Waals surface area contributed by atoms with Crippen molar-refractivity contribution < 1.29 is 4.79 Å². The minimum absolute atomic E-state index is 0.0566. The molecular formula is C13H22N4O. The second kappa shape index (κ2) is 6.00. The largest absolute Gasteiger partial charge is 0.356 e. The lowest BCUT2D eigenvalue weighted by molar-refractivity contribution is -0.121. The molecule has 1 aliphatic carbocycles. The molecule has 0 bridgehead atoms. The number of carbonyl (C=O) groups excluding carboxylic acids is 1. The van der Waals surface area contributed by atoms with E-state index in [2.05, 4.69) is 15.5 Å². The predicted molar refractivity (Wildman–Crippen MR) is 70.0 cm³/mol. The standard InChI is InChI=1S/C13H22N4O/c1-9-11(8-16-17-9)3-2-6-15-13(18)7-12(14)10-4-5-10/h8,10,12H,2-7,14H2,1H3,(H,15,18)(H,16,17). The molecule has 0 spiro atoms. The molecule has 1 saturated carbocycles. The average molecular weight is 250 g/mol. The maximum Gasteiger partial charge on any atom is 0.221 e. The van der Waals surface area contributed by atoms with Crippen molar-refractivity contribution in [3.8, 4) is 0 Å². The number of aromatic nitrogens is 2. The van der Waals surface area contributed by atoms with E-state index >= 15 is 0 Å². The molecule has 1 fully saturated rings. The smallest absolute Gasteiger partial charge is 0.221 e. The first-order valence-electron chi connectivity index (χ1n) is 6.68. The molecule has 0 aliphatic heterocycles. The van der Waals surface area contributed by atoms with Gasteiger partial charge in [0.15, 0.2) is 0 Å². The molecule has 5 heteroatoms. The van der Waals surface area contributed by atoms with Gasteiger partial charge >= 0.3 is 0 Å². The van der Waals surface area contributed by atoms with Gasteiger partial charge in [-0.1, -0.05) is 0 Å². The van der Waals surface area contributed by atoms with E-state index in [1.807, 2.05) is 13.1 Å². The van der Waals surface area contributed by atoms with E-state index < -0.39 is 0 Å². The third-order valence-corrected chi connectivity index (χ3v) is 3.53. The summed E-state index contributed by atoms with van der Waals surface area (Å²) in [6.07, 6.45) is 6.57. The quantitative estimate of drug-likeness (QED) is 0.628. The van der Waals surface area contributed by atoms with Crippen molar-refractivity contribution in [2.24, 2.45) is 11.7 Å². The Hall–Kier alpha value is -1.36. The first-order chi connectivity index (χ1) is 8.66. The number of amides is 1. The van der Waals surface area contributed by atoms with Crippen LogP contribution in [-0.2, 0) is 11.2 Å². The summed E-state index contributed by atoms with van der Waals surface area (Å²) in [5.74, 6) is 0.669. The van der Waals surface area contributed by atoms with Gasteiger partial charge in [-0.05, 0) is 44.1 Å². The fourth-order valence-corrected chi connectivity index (χ4v) is 2.11. The summed E-state index contributed by atoms with van der Waals surface area (Å²) in [7, 11) is 0. The molecule has 1 unspecified atom stereocenters. The van der Waals surface area contributed by atoms with Crippen LogP contribution in [0.1, 0.15) is 36.9 Å². The second-order valence-corrected chi connectivity index (χ2v) is 5.18. The van der Waals surface area contributed by atoms with Crippen LogP contribution in [0.25, 0.3) is 0 Å². The molecule has 18 heavy (non-hydrogen) atoms. The lowest BCUT2D eigenvalue weighted by Crippen LogP contribution is -2.33. The number of nitrogens with zero attached hydrogens (tertiary/aromatic N) is 1. The van der Waals surface area contributed by atoms with Crippen LogP contribution in [0.2, 0.25) is 0 Å². The molecule has 5 nitrogen and oxygen atoms in total. The molecule has 0 saturated heterocycles. The number of hydrogen-bond acceptors (Lipinski definition) is 3. The van der Waals surface area contributed by atoms with Gasteiger partial charge in [-0.3, -0.25) is 9.89 Å². The fourth-order valence-electron chi connectivity index (χ4n) is 2.11. The van der Waals surface area contributed by atoms with Gasteiger partial charge in [0.1, 0.15) is 0 Å².